The molecular weight excluding hydrogens is 225 g/mol. The number of hydroxylamine groups is 1. The van der Waals surface area contributed by atoms with E-state index in [4.69, 9.17) is 20.7 Å². The van der Waals surface area contributed by atoms with Gasteiger partial charge in [-0.2, -0.15) is 5.48 Å². The Labute approximate surface area is 87.0 Å². The minimum absolute atomic E-state index is 0.292. The number of carbonyl (C=O) groups excluding carboxylic acids is 1. The summed E-state index contributed by atoms with van der Waals surface area (Å²) in [6.07, 6.45) is 0.0637. The molecule has 0 aliphatic carbocycles. The van der Waals surface area contributed by atoms with Gasteiger partial charge in [-0.1, -0.05) is 0 Å². The van der Waals surface area contributed by atoms with Crippen LogP contribution in [0.3, 0.4) is 0 Å². The topological polar surface area (TPSA) is 145 Å². The second kappa shape index (κ2) is 6.89. The molecule has 0 fully saturated rings. The van der Waals surface area contributed by atoms with Crippen LogP contribution in [0.5, 0.6) is 0 Å². The highest BCUT2D eigenvalue weighted by atomic mass is 31.2. The van der Waals surface area contributed by atoms with E-state index < -0.39 is 25.8 Å². The lowest BCUT2D eigenvalue weighted by molar-refractivity contribution is -0.125. The number of carbonyl (C=O) groups is 1. The van der Waals surface area contributed by atoms with Gasteiger partial charge in [-0.15, -0.1) is 0 Å². The summed E-state index contributed by atoms with van der Waals surface area (Å²) in [6, 6.07) is -0.903. The fourth-order valence-electron chi connectivity index (χ4n) is 0.880. The monoisotopic (exact) mass is 241 g/mol. The van der Waals surface area contributed by atoms with Crippen molar-refractivity contribution in [1.29, 1.82) is 0 Å². The van der Waals surface area contributed by atoms with E-state index >= 15 is 0 Å². The fraction of sp³-hybridized carbons (Fsp3) is 0.833. The molecule has 1 atom stereocenters. The van der Waals surface area contributed by atoms with E-state index in [1.54, 1.807) is 5.48 Å². The van der Waals surface area contributed by atoms with Crippen molar-refractivity contribution in [2.75, 3.05) is 12.8 Å². The lowest BCUT2D eigenvalue weighted by Crippen LogP contribution is -2.43. The third-order valence-corrected chi connectivity index (χ3v) is 2.20. The molecule has 1 amide bonds. The van der Waals surface area contributed by atoms with Gasteiger partial charge in [-0.05, 0) is 19.4 Å². The van der Waals surface area contributed by atoms with Gasteiger partial charge < -0.3 is 26.0 Å². The zero-order valence-corrected chi connectivity index (χ0v) is 8.98. The number of hydrogen-bond acceptors (Lipinski definition) is 5. The standard InChI is InChI=1S/C6H16N3O5P/c7-3-1-2-5(9-11)6(10)8-4-15(12,13)14/h5,9,11H,1-4,7H2,(H,8,10)(H2,12,13,14)/t5-/m0/s1. The summed E-state index contributed by atoms with van der Waals surface area (Å²) in [5, 5.41) is 10.6. The molecule has 0 spiro atoms. The Morgan fingerprint density at radius 2 is 2.07 bits per heavy atom. The molecule has 0 aromatic carbocycles. The van der Waals surface area contributed by atoms with Gasteiger partial charge in [0.15, 0.2) is 0 Å². The maximum Gasteiger partial charge on any atom is 0.344 e. The van der Waals surface area contributed by atoms with Gasteiger partial charge in [0.2, 0.25) is 5.91 Å². The third kappa shape index (κ3) is 7.43. The van der Waals surface area contributed by atoms with E-state index in [9.17, 15) is 9.36 Å². The van der Waals surface area contributed by atoms with Crippen molar-refractivity contribution in [1.82, 2.24) is 10.8 Å². The number of nitrogens with one attached hydrogen (secondary N) is 2. The summed E-state index contributed by atoms with van der Waals surface area (Å²) in [7, 11) is -4.26. The Morgan fingerprint density at radius 3 is 2.47 bits per heavy atom. The van der Waals surface area contributed by atoms with Crippen molar-refractivity contribution in [3.63, 3.8) is 0 Å². The maximum atomic E-state index is 11.2. The Kier molecular flexibility index (Phi) is 6.66. The van der Waals surface area contributed by atoms with Crippen LogP contribution in [-0.4, -0.2) is 39.8 Å². The molecule has 7 N–H and O–H groups in total. The van der Waals surface area contributed by atoms with Crippen LogP contribution in [0, 0.1) is 0 Å². The van der Waals surface area contributed by atoms with Crippen molar-refractivity contribution in [3.05, 3.63) is 0 Å². The molecule has 0 unspecified atom stereocenters. The van der Waals surface area contributed by atoms with E-state index in [0.29, 0.717) is 19.4 Å². The van der Waals surface area contributed by atoms with E-state index in [2.05, 4.69) is 0 Å². The van der Waals surface area contributed by atoms with Crippen molar-refractivity contribution >= 4 is 13.5 Å². The molecule has 0 bridgehead atoms. The van der Waals surface area contributed by atoms with E-state index in [-0.39, 0.29) is 0 Å². The van der Waals surface area contributed by atoms with Crippen LogP contribution in [0.1, 0.15) is 12.8 Å². The van der Waals surface area contributed by atoms with Crippen LogP contribution in [0.15, 0.2) is 0 Å². The van der Waals surface area contributed by atoms with Gasteiger partial charge >= 0.3 is 7.60 Å². The number of amides is 1. The van der Waals surface area contributed by atoms with Gasteiger partial charge in [-0.3, -0.25) is 9.36 Å². The largest absolute Gasteiger partial charge is 0.344 e. The molecule has 0 heterocycles. The van der Waals surface area contributed by atoms with Crippen molar-refractivity contribution in [2.24, 2.45) is 5.73 Å². The van der Waals surface area contributed by atoms with Gasteiger partial charge in [-0.25, -0.2) is 0 Å². The molecule has 0 rings (SSSR count). The summed E-state index contributed by atoms with van der Waals surface area (Å²) >= 11 is 0. The van der Waals surface area contributed by atoms with Crippen molar-refractivity contribution in [3.8, 4) is 0 Å². The molecule has 0 aliphatic heterocycles. The first-order valence-corrected chi connectivity index (χ1v) is 6.12. The SMILES string of the molecule is NCCC[C@H](NO)C(=O)NCP(=O)(O)O. The van der Waals surface area contributed by atoms with E-state index in [1.807, 2.05) is 5.32 Å². The highest BCUT2D eigenvalue weighted by molar-refractivity contribution is 7.51. The third-order valence-electron chi connectivity index (χ3n) is 1.63. The Balaban J connectivity index is 3.99. The lowest BCUT2D eigenvalue weighted by Gasteiger charge is -2.14. The second-order valence-electron chi connectivity index (χ2n) is 2.98. The van der Waals surface area contributed by atoms with Crippen LogP contribution < -0.4 is 16.5 Å². The van der Waals surface area contributed by atoms with Crippen molar-refractivity contribution < 1.29 is 24.4 Å². The summed E-state index contributed by atoms with van der Waals surface area (Å²) in [4.78, 5) is 28.2. The van der Waals surface area contributed by atoms with Gasteiger partial charge in [0.1, 0.15) is 12.3 Å². The predicted octanol–water partition coefficient (Wildman–Crippen LogP) is -1.68. The Morgan fingerprint density at radius 1 is 1.47 bits per heavy atom. The number of hydrogen-bond donors (Lipinski definition) is 6. The summed E-state index contributed by atoms with van der Waals surface area (Å²) < 4.78 is 10.4. The summed E-state index contributed by atoms with van der Waals surface area (Å²) in [5.41, 5.74) is 6.96. The average molecular weight is 241 g/mol. The van der Waals surface area contributed by atoms with Crippen molar-refractivity contribution in [2.45, 2.75) is 18.9 Å². The van der Waals surface area contributed by atoms with Gasteiger partial charge in [0.05, 0.1) is 0 Å². The maximum absolute atomic E-state index is 11.2. The number of rotatable bonds is 7. The normalized spacial score (nSPS) is 13.6. The molecule has 0 aromatic heterocycles. The first-order valence-electron chi connectivity index (χ1n) is 4.32. The van der Waals surface area contributed by atoms with Crippen LogP contribution in [-0.2, 0) is 9.36 Å². The quantitative estimate of drug-likeness (QED) is 0.231. The fourth-order valence-corrected chi connectivity index (χ4v) is 1.24. The molecule has 15 heavy (non-hydrogen) atoms. The molecule has 0 aliphatic rings. The predicted molar refractivity (Wildman–Crippen MR) is 52.1 cm³/mol. The lowest BCUT2D eigenvalue weighted by atomic mass is 10.1. The van der Waals surface area contributed by atoms with Crippen LogP contribution in [0.4, 0.5) is 0 Å². The van der Waals surface area contributed by atoms with Crippen LogP contribution in [0.25, 0.3) is 0 Å². The molecular formula is C6H16N3O5P. The highest BCUT2D eigenvalue weighted by Crippen LogP contribution is 2.31. The minimum Gasteiger partial charge on any atom is -0.343 e. The Bertz CT molecular complexity index is 243. The highest BCUT2D eigenvalue weighted by Gasteiger charge is 2.20. The van der Waals surface area contributed by atoms with E-state index in [0.717, 1.165) is 0 Å². The zero-order chi connectivity index (χ0) is 11.9. The number of nitrogens with two attached hydrogens (primary N) is 1. The van der Waals surface area contributed by atoms with Gasteiger partial charge in [0.25, 0.3) is 0 Å². The van der Waals surface area contributed by atoms with Gasteiger partial charge in [0, 0.05) is 0 Å². The molecule has 8 nitrogen and oxygen atoms in total. The average Bonchev–Trinajstić information content (AvgIpc) is 2.15. The first-order chi connectivity index (χ1) is 6.90. The molecule has 0 saturated carbocycles. The molecule has 0 radical (unpaired) electrons. The first kappa shape index (κ1) is 14.5. The Hall–Kier alpha value is -0.500. The molecule has 9 heteroatoms. The molecule has 90 valence electrons. The van der Waals surface area contributed by atoms with E-state index in [1.165, 1.54) is 0 Å². The van der Waals surface area contributed by atoms with Crippen LogP contribution in [0.2, 0.25) is 0 Å². The second-order valence-corrected chi connectivity index (χ2v) is 4.62. The summed E-state index contributed by atoms with van der Waals surface area (Å²) in [6.45, 7) is 0.365. The molecule has 0 saturated heterocycles. The molecule has 0 aromatic rings. The zero-order valence-electron chi connectivity index (χ0n) is 8.09. The van der Waals surface area contributed by atoms with Crippen LogP contribution >= 0.6 is 7.60 Å². The smallest absolute Gasteiger partial charge is 0.343 e. The minimum atomic E-state index is -4.26. The summed E-state index contributed by atoms with van der Waals surface area (Å²) in [5.74, 6) is -0.672.